The van der Waals surface area contributed by atoms with Crippen LogP contribution >= 0.6 is 24.0 Å². The van der Waals surface area contributed by atoms with Crippen molar-refractivity contribution < 1.29 is 9.90 Å². The highest BCUT2D eigenvalue weighted by Gasteiger charge is 2.37. The summed E-state index contributed by atoms with van der Waals surface area (Å²) >= 11 is 6.78. The fraction of sp³-hybridized carbons (Fsp3) is 0.308. The molecule has 2 fully saturated rings. The Bertz CT molecular complexity index is 1350. The fourth-order valence-electron chi connectivity index (χ4n) is 4.62. The number of benzene rings is 1. The first-order valence-corrected chi connectivity index (χ1v) is 13.0. The number of thiocarbonyl (C=S) groups is 1. The minimum Gasteiger partial charge on any atom is -0.387 e. The monoisotopic (exact) mass is 506 g/mol. The summed E-state index contributed by atoms with van der Waals surface area (Å²) in [5, 5.41) is 13.8. The number of aliphatic hydroxyl groups is 1. The Morgan fingerprint density at radius 2 is 1.86 bits per heavy atom. The molecular weight excluding hydrogens is 480 g/mol. The number of fused-ring (bicyclic) bond motifs is 1. The molecule has 9 heteroatoms. The number of amides is 1. The molecule has 1 saturated carbocycles. The van der Waals surface area contributed by atoms with Crippen LogP contribution in [0.2, 0.25) is 0 Å². The molecule has 35 heavy (non-hydrogen) atoms. The number of hydrogen-bond acceptors (Lipinski definition) is 7. The van der Waals surface area contributed by atoms with Crippen molar-refractivity contribution in [3.05, 3.63) is 81.1 Å². The lowest BCUT2D eigenvalue weighted by atomic mass is 9.94. The summed E-state index contributed by atoms with van der Waals surface area (Å²) in [4.78, 5) is 33.5. The van der Waals surface area contributed by atoms with E-state index in [0.717, 1.165) is 31.2 Å². The molecule has 3 aromatic rings. The highest BCUT2D eigenvalue weighted by molar-refractivity contribution is 8.26. The van der Waals surface area contributed by atoms with E-state index in [9.17, 15) is 14.7 Å². The van der Waals surface area contributed by atoms with Crippen LogP contribution in [0.4, 0.5) is 5.82 Å². The van der Waals surface area contributed by atoms with Crippen LogP contribution in [0.1, 0.15) is 49.3 Å². The van der Waals surface area contributed by atoms with E-state index in [0.29, 0.717) is 20.7 Å². The SMILES string of the molecule is O=C1/C(=C/c2c(NCC(O)c3ccccc3)nc3ccccn3c2=O)SC(=S)N1C1CCCCC1. The zero-order valence-electron chi connectivity index (χ0n) is 19.1. The van der Waals surface area contributed by atoms with Crippen LogP contribution in [0.5, 0.6) is 0 Å². The van der Waals surface area contributed by atoms with Crippen molar-refractivity contribution in [1.29, 1.82) is 0 Å². The van der Waals surface area contributed by atoms with Crippen molar-refractivity contribution in [1.82, 2.24) is 14.3 Å². The number of aromatic nitrogens is 2. The average Bonchev–Trinajstić information content (AvgIpc) is 3.17. The third-order valence-corrected chi connectivity index (χ3v) is 7.79. The van der Waals surface area contributed by atoms with Crippen molar-refractivity contribution in [2.24, 2.45) is 0 Å². The van der Waals surface area contributed by atoms with Gasteiger partial charge in [0.1, 0.15) is 15.8 Å². The second-order valence-electron chi connectivity index (χ2n) is 8.76. The van der Waals surface area contributed by atoms with E-state index in [1.54, 1.807) is 35.4 Å². The number of nitrogens with one attached hydrogen (secondary N) is 1. The van der Waals surface area contributed by atoms with Crippen molar-refractivity contribution in [3.8, 4) is 0 Å². The molecule has 1 unspecified atom stereocenters. The number of nitrogens with zero attached hydrogens (tertiary/aromatic N) is 3. The molecule has 7 nitrogen and oxygen atoms in total. The molecule has 1 amide bonds. The molecule has 1 aliphatic carbocycles. The van der Waals surface area contributed by atoms with Crippen LogP contribution in [0.15, 0.2) is 64.4 Å². The molecule has 3 heterocycles. The lowest BCUT2D eigenvalue weighted by Gasteiger charge is -2.29. The number of hydrogen-bond donors (Lipinski definition) is 2. The van der Waals surface area contributed by atoms with Gasteiger partial charge in [0.2, 0.25) is 0 Å². The summed E-state index contributed by atoms with van der Waals surface area (Å²) in [6, 6.07) is 14.7. The summed E-state index contributed by atoms with van der Waals surface area (Å²) in [5.74, 6) is 0.166. The molecule has 0 bridgehead atoms. The Labute approximate surface area is 212 Å². The van der Waals surface area contributed by atoms with Crippen LogP contribution in [0.3, 0.4) is 0 Å². The summed E-state index contributed by atoms with van der Waals surface area (Å²) < 4.78 is 1.99. The van der Waals surface area contributed by atoms with Gasteiger partial charge in [-0.05, 0) is 36.6 Å². The molecule has 1 aromatic carbocycles. The Hall–Kier alpha value is -3.01. The lowest BCUT2D eigenvalue weighted by molar-refractivity contribution is -0.124. The Balaban J connectivity index is 1.49. The number of rotatable bonds is 6. The van der Waals surface area contributed by atoms with Gasteiger partial charge in [0, 0.05) is 18.8 Å². The molecule has 1 atom stereocenters. The second kappa shape index (κ2) is 10.3. The normalized spacial score (nSPS) is 19.0. The molecule has 1 saturated heterocycles. The van der Waals surface area contributed by atoms with Crippen LogP contribution in [0.25, 0.3) is 11.7 Å². The highest BCUT2D eigenvalue weighted by Crippen LogP contribution is 2.37. The summed E-state index contributed by atoms with van der Waals surface area (Å²) in [5.41, 5.74) is 1.20. The fourth-order valence-corrected chi connectivity index (χ4v) is 6.00. The van der Waals surface area contributed by atoms with E-state index in [2.05, 4.69) is 10.3 Å². The molecule has 2 aliphatic rings. The third-order valence-electron chi connectivity index (χ3n) is 6.46. The molecular formula is C26H26N4O3S2. The van der Waals surface area contributed by atoms with Gasteiger partial charge in [-0.15, -0.1) is 0 Å². The van der Waals surface area contributed by atoms with Crippen LogP contribution < -0.4 is 10.9 Å². The van der Waals surface area contributed by atoms with E-state index in [-0.39, 0.29) is 29.6 Å². The van der Waals surface area contributed by atoms with E-state index in [1.807, 2.05) is 30.3 Å². The maximum Gasteiger partial charge on any atom is 0.267 e. The largest absolute Gasteiger partial charge is 0.387 e. The minimum absolute atomic E-state index is 0.122. The maximum atomic E-state index is 13.4. The molecule has 0 spiro atoms. The Kier molecular flexibility index (Phi) is 6.99. The second-order valence-corrected chi connectivity index (χ2v) is 10.4. The maximum absolute atomic E-state index is 13.4. The first kappa shape index (κ1) is 23.7. The first-order chi connectivity index (χ1) is 17.0. The van der Waals surface area contributed by atoms with Crippen molar-refractivity contribution >= 4 is 51.7 Å². The van der Waals surface area contributed by atoms with Gasteiger partial charge in [-0.3, -0.25) is 18.9 Å². The predicted molar refractivity (Wildman–Crippen MR) is 143 cm³/mol. The Morgan fingerprint density at radius 1 is 1.11 bits per heavy atom. The summed E-state index contributed by atoms with van der Waals surface area (Å²) in [6.07, 6.45) is 7.72. The molecule has 2 N–H and O–H groups in total. The van der Waals surface area contributed by atoms with E-state index in [4.69, 9.17) is 12.2 Å². The average molecular weight is 507 g/mol. The number of carbonyl (C=O) groups excluding carboxylic acids is 1. The molecule has 2 aromatic heterocycles. The first-order valence-electron chi connectivity index (χ1n) is 11.8. The summed E-state index contributed by atoms with van der Waals surface area (Å²) in [6.45, 7) is 0.156. The highest BCUT2D eigenvalue weighted by atomic mass is 32.2. The van der Waals surface area contributed by atoms with Gasteiger partial charge >= 0.3 is 0 Å². The minimum atomic E-state index is -0.787. The Morgan fingerprint density at radius 3 is 2.63 bits per heavy atom. The number of aliphatic hydroxyl groups excluding tert-OH is 1. The number of anilines is 1. The quantitative estimate of drug-likeness (QED) is 0.379. The van der Waals surface area contributed by atoms with Gasteiger partial charge in [0.25, 0.3) is 11.5 Å². The topological polar surface area (TPSA) is 86.9 Å². The van der Waals surface area contributed by atoms with Gasteiger partial charge in [0.15, 0.2) is 0 Å². The lowest BCUT2D eigenvalue weighted by Crippen LogP contribution is -2.39. The van der Waals surface area contributed by atoms with E-state index < -0.39 is 6.10 Å². The van der Waals surface area contributed by atoms with Gasteiger partial charge in [-0.25, -0.2) is 4.98 Å². The molecule has 0 radical (unpaired) electrons. The standard InChI is InChI=1S/C26H26N4O3S2/c31-20(17-9-3-1-4-10-17)16-27-23-19(24(32)29-14-8-7-13-22(29)28-23)15-21-25(33)30(26(34)35-21)18-11-5-2-6-12-18/h1,3-4,7-10,13-15,18,20,27,31H,2,5-6,11-12,16H2/b21-15-. The zero-order valence-corrected chi connectivity index (χ0v) is 20.7. The molecule has 1 aliphatic heterocycles. The van der Waals surface area contributed by atoms with E-state index >= 15 is 0 Å². The summed E-state index contributed by atoms with van der Waals surface area (Å²) in [7, 11) is 0. The van der Waals surface area contributed by atoms with Crippen molar-refractivity contribution in [2.75, 3.05) is 11.9 Å². The number of thioether (sulfide) groups is 1. The number of pyridine rings is 1. The van der Waals surface area contributed by atoms with Crippen LogP contribution in [-0.4, -0.2) is 42.2 Å². The van der Waals surface area contributed by atoms with Gasteiger partial charge in [0.05, 0.1) is 16.6 Å². The van der Waals surface area contributed by atoms with Crippen molar-refractivity contribution in [2.45, 2.75) is 44.2 Å². The molecule has 5 rings (SSSR count). The van der Waals surface area contributed by atoms with E-state index in [1.165, 1.54) is 22.6 Å². The van der Waals surface area contributed by atoms with Gasteiger partial charge < -0.3 is 10.4 Å². The van der Waals surface area contributed by atoms with Gasteiger partial charge in [-0.1, -0.05) is 79.6 Å². The van der Waals surface area contributed by atoms with Crippen molar-refractivity contribution in [3.63, 3.8) is 0 Å². The zero-order chi connectivity index (χ0) is 24.4. The third kappa shape index (κ3) is 4.89. The smallest absolute Gasteiger partial charge is 0.267 e. The van der Waals surface area contributed by atoms with Crippen LogP contribution in [0, 0.1) is 0 Å². The molecule has 180 valence electrons. The predicted octanol–water partition coefficient (Wildman–Crippen LogP) is 4.37. The number of carbonyl (C=O) groups is 1. The van der Waals surface area contributed by atoms with Crippen LogP contribution in [-0.2, 0) is 4.79 Å². The van der Waals surface area contributed by atoms with Gasteiger partial charge in [-0.2, -0.15) is 0 Å².